The Hall–Kier alpha value is -2.03. The van der Waals surface area contributed by atoms with E-state index in [0.717, 1.165) is 17.7 Å². The van der Waals surface area contributed by atoms with Gasteiger partial charge in [-0.15, -0.1) is 5.92 Å². The minimum Gasteiger partial charge on any atom is -0.481 e. The maximum atomic E-state index is 11.7. The van der Waals surface area contributed by atoms with Crippen LogP contribution in [0.4, 0.5) is 0 Å². The van der Waals surface area contributed by atoms with Crippen LogP contribution in [-0.2, 0) is 16.1 Å². The van der Waals surface area contributed by atoms with Crippen LogP contribution in [0.5, 0.6) is 5.75 Å². The molecule has 1 atom stereocenters. The lowest BCUT2D eigenvalue weighted by atomic mass is 10.1. The molecule has 0 unspecified atom stereocenters. The van der Waals surface area contributed by atoms with Crippen molar-refractivity contribution in [3.63, 3.8) is 0 Å². The van der Waals surface area contributed by atoms with Crippen LogP contribution in [0.2, 0.25) is 0 Å². The Kier molecular flexibility index (Phi) is 7.95. The summed E-state index contributed by atoms with van der Waals surface area (Å²) in [7, 11) is 0. The van der Waals surface area contributed by atoms with Gasteiger partial charge in [0, 0.05) is 0 Å². The summed E-state index contributed by atoms with van der Waals surface area (Å²) in [5, 5.41) is 0. The molecule has 0 fully saturated rings. The van der Waals surface area contributed by atoms with Gasteiger partial charge in [-0.1, -0.05) is 25.0 Å². The number of nitrogens with two attached hydrogens (primary N) is 1. The molecule has 1 amide bonds. The zero-order valence-electron chi connectivity index (χ0n) is 12.5. The fourth-order valence-corrected chi connectivity index (χ4v) is 1.56. The van der Waals surface area contributed by atoms with E-state index in [1.54, 1.807) is 6.92 Å². The zero-order chi connectivity index (χ0) is 15.5. The van der Waals surface area contributed by atoms with Crippen LogP contribution < -0.4 is 16.0 Å². The van der Waals surface area contributed by atoms with Crippen molar-refractivity contribution < 1.29 is 14.4 Å². The van der Waals surface area contributed by atoms with E-state index in [1.165, 1.54) is 0 Å². The van der Waals surface area contributed by atoms with E-state index in [1.807, 2.05) is 31.2 Å². The van der Waals surface area contributed by atoms with Crippen molar-refractivity contribution in [2.24, 2.45) is 5.73 Å². The van der Waals surface area contributed by atoms with Crippen molar-refractivity contribution >= 4 is 5.91 Å². The van der Waals surface area contributed by atoms with Gasteiger partial charge in [0.15, 0.2) is 0 Å². The summed E-state index contributed by atoms with van der Waals surface area (Å²) in [6.07, 6.45) is 1.27. The summed E-state index contributed by atoms with van der Waals surface area (Å²) in [4.78, 5) is 16.6. The Balaban J connectivity index is 2.42. The minimum absolute atomic E-state index is 0.318. The Morgan fingerprint density at radius 3 is 2.71 bits per heavy atom. The highest BCUT2D eigenvalue weighted by Crippen LogP contribution is 2.13. The van der Waals surface area contributed by atoms with E-state index in [4.69, 9.17) is 15.3 Å². The number of hydrogen-bond donors (Lipinski definition) is 2. The molecule has 0 aliphatic carbocycles. The van der Waals surface area contributed by atoms with Gasteiger partial charge in [0.1, 0.15) is 12.4 Å². The average Bonchev–Trinajstić information content (AvgIpc) is 2.49. The predicted molar refractivity (Wildman–Crippen MR) is 81.5 cm³/mol. The summed E-state index contributed by atoms with van der Waals surface area (Å²) in [6, 6.07) is 6.80. The van der Waals surface area contributed by atoms with E-state index in [0.29, 0.717) is 19.6 Å². The van der Waals surface area contributed by atoms with Crippen LogP contribution in [-0.4, -0.2) is 25.2 Å². The number of hydrogen-bond acceptors (Lipinski definition) is 4. The molecule has 5 nitrogen and oxygen atoms in total. The van der Waals surface area contributed by atoms with Gasteiger partial charge in [0.05, 0.1) is 12.6 Å². The molecule has 0 saturated heterocycles. The lowest BCUT2D eigenvalue weighted by Crippen LogP contribution is -2.42. The lowest BCUT2D eigenvalue weighted by Gasteiger charge is -2.12. The van der Waals surface area contributed by atoms with Gasteiger partial charge in [-0.2, -0.15) is 0 Å². The first-order valence-corrected chi connectivity index (χ1v) is 6.96. The van der Waals surface area contributed by atoms with Crippen molar-refractivity contribution in [1.29, 1.82) is 0 Å². The number of carbonyl (C=O) groups is 1. The molecule has 0 aliphatic heterocycles. The standard InChI is InChI=1S/C16H22N2O3/c1-3-5-11-20-14-8-6-13(7-9-14)12-15(17)16(19)18-21-10-4-2/h6-9,15H,4,10-12,17H2,1-2H3,(H,18,19)/t15-/m0/s1. The van der Waals surface area contributed by atoms with E-state index >= 15 is 0 Å². The largest absolute Gasteiger partial charge is 0.481 e. The van der Waals surface area contributed by atoms with E-state index < -0.39 is 6.04 Å². The summed E-state index contributed by atoms with van der Waals surface area (Å²) in [5.41, 5.74) is 9.13. The zero-order valence-corrected chi connectivity index (χ0v) is 12.5. The van der Waals surface area contributed by atoms with Crippen LogP contribution in [0.15, 0.2) is 24.3 Å². The minimum atomic E-state index is -0.639. The van der Waals surface area contributed by atoms with E-state index in [2.05, 4.69) is 17.3 Å². The first-order valence-electron chi connectivity index (χ1n) is 6.96. The van der Waals surface area contributed by atoms with Crippen LogP contribution in [0.25, 0.3) is 0 Å². The molecule has 0 radical (unpaired) electrons. The number of carbonyl (C=O) groups excluding carboxylic acids is 1. The van der Waals surface area contributed by atoms with E-state index in [9.17, 15) is 4.79 Å². The molecule has 0 saturated carbocycles. The summed E-state index contributed by atoms with van der Waals surface area (Å²) >= 11 is 0. The van der Waals surface area contributed by atoms with E-state index in [-0.39, 0.29) is 5.91 Å². The highest BCUT2D eigenvalue weighted by molar-refractivity contribution is 5.80. The monoisotopic (exact) mass is 290 g/mol. The van der Waals surface area contributed by atoms with Crippen molar-refractivity contribution in [2.75, 3.05) is 13.2 Å². The molecule has 0 heterocycles. The molecule has 1 aromatic carbocycles. The van der Waals surface area contributed by atoms with Crippen LogP contribution >= 0.6 is 0 Å². The molecule has 0 spiro atoms. The highest BCUT2D eigenvalue weighted by atomic mass is 16.6. The molecule has 5 heteroatoms. The number of ether oxygens (including phenoxy) is 1. The Labute approximate surface area is 125 Å². The maximum absolute atomic E-state index is 11.7. The van der Waals surface area contributed by atoms with Gasteiger partial charge in [-0.3, -0.25) is 9.63 Å². The number of rotatable bonds is 8. The maximum Gasteiger partial charge on any atom is 0.260 e. The van der Waals surface area contributed by atoms with Gasteiger partial charge in [0.2, 0.25) is 0 Å². The topological polar surface area (TPSA) is 73.6 Å². The van der Waals surface area contributed by atoms with Crippen LogP contribution in [0.1, 0.15) is 25.8 Å². The van der Waals surface area contributed by atoms with Gasteiger partial charge in [-0.25, -0.2) is 5.48 Å². The summed E-state index contributed by atoms with van der Waals surface area (Å²) in [5.74, 6) is 6.01. The summed E-state index contributed by atoms with van der Waals surface area (Å²) in [6.45, 7) is 4.57. The first kappa shape index (κ1) is 17.0. The van der Waals surface area contributed by atoms with Crippen molar-refractivity contribution in [1.82, 2.24) is 5.48 Å². The summed E-state index contributed by atoms with van der Waals surface area (Å²) < 4.78 is 5.42. The third-order valence-electron chi connectivity index (χ3n) is 2.68. The molecule has 0 bridgehead atoms. The second kappa shape index (κ2) is 9.81. The number of nitrogens with one attached hydrogen (secondary N) is 1. The molecular formula is C16H22N2O3. The van der Waals surface area contributed by atoms with Gasteiger partial charge >= 0.3 is 0 Å². The average molecular weight is 290 g/mol. The second-order valence-electron chi connectivity index (χ2n) is 4.48. The first-order chi connectivity index (χ1) is 10.2. The predicted octanol–water partition coefficient (Wildman–Crippen LogP) is 1.42. The normalized spacial score (nSPS) is 11.2. The third-order valence-corrected chi connectivity index (χ3v) is 2.68. The quantitative estimate of drug-likeness (QED) is 0.431. The molecule has 1 rings (SSSR count). The third kappa shape index (κ3) is 6.80. The fourth-order valence-electron chi connectivity index (χ4n) is 1.56. The Morgan fingerprint density at radius 1 is 1.38 bits per heavy atom. The molecular weight excluding hydrogens is 268 g/mol. The van der Waals surface area contributed by atoms with Crippen LogP contribution in [0.3, 0.4) is 0 Å². The Morgan fingerprint density at radius 2 is 2.10 bits per heavy atom. The van der Waals surface area contributed by atoms with Gasteiger partial charge in [0.25, 0.3) is 5.91 Å². The fraction of sp³-hybridized carbons (Fsp3) is 0.438. The molecule has 21 heavy (non-hydrogen) atoms. The molecule has 1 aromatic rings. The molecule has 3 N–H and O–H groups in total. The molecule has 0 aromatic heterocycles. The van der Waals surface area contributed by atoms with Crippen LogP contribution in [0, 0.1) is 11.8 Å². The van der Waals surface area contributed by atoms with Gasteiger partial charge < -0.3 is 10.5 Å². The van der Waals surface area contributed by atoms with Crippen molar-refractivity contribution in [3.8, 4) is 17.6 Å². The van der Waals surface area contributed by atoms with Crippen molar-refractivity contribution in [2.45, 2.75) is 32.7 Å². The lowest BCUT2D eigenvalue weighted by molar-refractivity contribution is -0.134. The number of benzene rings is 1. The number of hydroxylamine groups is 1. The highest BCUT2D eigenvalue weighted by Gasteiger charge is 2.14. The van der Waals surface area contributed by atoms with Gasteiger partial charge in [-0.05, 0) is 37.5 Å². The molecule has 114 valence electrons. The molecule has 0 aliphatic rings. The second-order valence-corrected chi connectivity index (χ2v) is 4.48. The number of amides is 1. The smallest absolute Gasteiger partial charge is 0.260 e. The SMILES string of the molecule is CC#CCOc1ccc(C[C@H](N)C(=O)NOCCC)cc1. The van der Waals surface area contributed by atoms with Crippen molar-refractivity contribution in [3.05, 3.63) is 29.8 Å². The Bertz CT molecular complexity index is 488.